The lowest BCUT2D eigenvalue weighted by molar-refractivity contribution is 0.0479. The van der Waals surface area contributed by atoms with Gasteiger partial charge in [0.1, 0.15) is 17.1 Å². The number of aryl methyl sites for hydroxylation is 1. The monoisotopic (exact) mass is 387 g/mol. The van der Waals surface area contributed by atoms with Crippen LogP contribution in [0.3, 0.4) is 0 Å². The molecule has 1 N–H and O–H groups in total. The summed E-state index contributed by atoms with van der Waals surface area (Å²) in [6.07, 6.45) is -0.601. The molecule has 140 valence electrons. The quantitative estimate of drug-likeness (QED) is 0.523. The van der Waals surface area contributed by atoms with Gasteiger partial charge in [-0.25, -0.2) is 14.4 Å². The number of amides is 1. The number of esters is 1. The van der Waals surface area contributed by atoms with Crippen LogP contribution in [0.2, 0.25) is 0 Å². The van der Waals surface area contributed by atoms with Crippen molar-refractivity contribution in [1.82, 2.24) is 0 Å². The van der Waals surface area contributed by atoms with E-state index in [9.17, 15) is 14.4 Å². The predicted molar refractivity (Wildman–Crippen MR) is 101 cm³/mol. The molecular formula is C19H17NO6S. The van der Waals surface area contributed by atoms with E-state index in [4.69, 9.17) is 13.9 Å². The van der Waals surface area contributed by atoms with Gasteiger partial charge in [0.25, 0.3) is 0 Å². The predicted octanol–water partition coefficient (Wildman–Crippen LogP) is 4.09. The van der Waals surface area contributed by atoms with Gasteiger partial charge in [0, 0.05) is 33.6 Å². The van der Waals surface area contributed by atoms with E-state index in [1.54, 1.807) is 25.1 Å². The van der Waals surface area contributed by atoms with E-state index >= 15 is 0 Å². The maximum absolute atomic E-state index is 12.1. The molecule has 27 heavy (non-hydrogen) atoms. The zero-order valence-electron chi connectivity index (χ0n) is 14.7. The van der Waals surface area contributed by atoms with Crippen molar-refractivity contribution in [3.8, 4) is 0 Å². The van der Waals surface area contributed by atoms with Crippen LogP contribution in [0.5, 0.6) is 0 Å². The fourth-order valence-corrected chi connectivity index (χ4v) is 3.23. The molecule has 0 aliphatic rings. The first kappa shape index (κ1) is 18.7. The van der Waals surface area contributed by atoms with Crippen molar-refractivity contribution in [2.45, 2.75) is 20.5 Å². The molecule has 0 saturated heterocycles. The summed E-state index contributed by atoms with van der Waals surface area (Å²) in [5, 5.41) is 3.15. The normalized spacial score (nSPS) is 10.6. The van der Waals surface area contributed by atoms with Crippen LogP contribution in [0.25, 0.3) is 11.0 Å². The molecule has 0 aliphatic carbocycles. The molecule has 1 aromatic carbocycles. The van der Waals surface area contributed by atoms with Crippen molar-refractivity contribution in [3.63, 3.8) is 0 Å². The molecule has 0 aliphatic heterocycles. The van der Waals surface area contributed by atoms with Gasteiger partial charge in [0.2, 0.25) is 0 Å². The van der Waals surface area contributed by atoms with Crippen LogP contribution in [0.1, 0.15) is 27.0 Å². The lowest BCUT2D eigenvalue weighted by Crippen LogP contribution is -2.13. The Morgan fingerprint density at radius 1 is 1.15 bits per heavy atom. The van der Waals surface area contributed by atoms with Crippen molar-refractivity contribution in [2.75, 3.05) is 11.9 Å². The minimum atomic E-state index is -0.601. The van der Waals surface area contributed by atoms with Crippen molar-refractivity contribution < 1.29 is 23.5 Å². The summed E-state index contributed by atoms with van der Waals surface area (Å²) >= 11 is 1.34. The standard InChI is InChI=1S/C19H17NO6S/c1-3-24-19(23)20-13-5-6-14-12(8-17(21)26-15(14)9-13)10-25-18(22)16-7-4-11(2)27-16/h4-9H,3,10H2,1-2H3,(H,20,23). The van der Waals surface area contributed by atoms with Crippen LogP contribution < -0.4 is 10.9 Å². The van der Waals surface area contributed by atoms with Gasteiger partial charge in [-0.3, -0.25) is 5.32 Å². The maximum atomic E-state index is 12.1. The molecule has 3 aromatic rings. The summed E-state index contributed by atoms with van der Waals surface area (Å²) < 4.78 is 15.3. The number of anilines is 1. The largest absolute Gasteiger partial charge is 0.457 e. The number of thiophene rings is 1. The Morgan fingerprint density at radius 3 is 2.67 bits per heavy atom. The molecular weight excluding hydrogens is 370 g/mol. The van der Waals surface area contributed by atoms with Crippen molar-refractivity contribution >= 4 is 40.1 Å². The summed E-state index contributed by atoms with van der Waals surface area (Å²) in [7, 11) is 0. The summed E-state index contributed by atoms with van der Waals surface area (Å²) in [5.74, 6) is -0.449. The third-order valence-electron chi connectivity index (χ3n) is 3.65. The van der Waals surface area contributed by atoms with E-state index in [2.05, 4.69) is 5.32 Å². The molecule has 0 bridgehead atoms. The summed E-state index contributed by atoms with van der Waals surface area (Å²) in [4.78, 5) is 37.0. The molecule has 1 amide bonds. The van der Waals surface area contributed by atoms with Gasteiger partial charge >= 0.3 is 17.7 Å². The highest BCUT2D eigenvalue weighted by molar-refractivity contribution is 7.13. The third kappa shape index (κ3) is 4.53. The molecule has 3 rings (SSSR count). The Bertz CT molecular complexity index is 1050. The maximum Gasteiger partial charge on any atom is 0.411 e. The van der Waals surface area contributed by atoms with Gasteiger partial charge in [0.15, 0.2) is 0 Å². The minimum Gasteiger partial charge on any atom is -0.457 e. The topological polar surface area (TPSA) is 94.8 Å². The van der Waals surface area contributed by atoms with Gasteiger partial charge in [-0.1, -0.05) is 0 Å². The number of nitrogens with one attached hydrogen (secondary N) is 1. The average Bonchev–Trinajstić information content (AvgIpc) is 3.05. The number of ether oxygens (including phenoxy) is 2. The second-order valence-electron chi connectivity index (χ2n) is 5.63. The third-order valence-corrected chi connectivity index (χ3v) is 4.63. The molecule has 0 radical (unpaired) electrons. The average molecular weight is 387 g/mol. The van der Waals surface area contributed by atoms with E-state index in [-0.39, 0.29) is 18.8 Å². The zero-order valence-corrected chi connectivity index (χ0v) is 15.6. The lowest BCUT2D eigenvalue weighted by atomic mass is 10.1. The molecule has 0 fully saturated rings. The second kappa shape index (κ2) is 8.05. The Hall–Kier alpha value is -3.13. The van der Waals surface area contributed by atoms with Crippen LogP contribution in [0, 0.1) is 6.92 Å². The molecule has 0 atom stereocenters. The Labute approximate surface area is 158 Å². The number of carbonyl (C=O) groups excluding carboxylic acids is 2. The zero-order chi connectivity index (χ0) is 19.4. The van der Waals surface area contributed by atoms with E-state index in [0.29, 0.717) is 21.5 Å². The number of fused-ring (bicyclic) bond motifs is 1. The summed E-state index contributed by atoms with van der Waals surface area (Å²) in [6.45, 7) is 3.78. The fourth-order valence-electron chi connectivity index (χ4n) is 2.47. The van der Waals surface area contributed by atoms with Gasteiger partial charge in [-0.2, -0.15) is 0 Å². The summed E-state index contributed by atoms with van der Waals surface area (Å²) in [5.41, 5.74) is 0.640. The van der Waals surface area contributed by atoms with E-state index < -0.39 is 17.7 Å². The number of hydrogen-bond donors (Lipinski definition) is 1. The van der Waals surface area contributed by atoms with Crippen LogP contribution in [-0.4, -0.2) is 18.7 Å². The molecule has 0 unspecified atom stereocenters. The Morgan fingerprint density at radius 2 is 1.96 bits per heavy atom. The van der Waals surface area contributed by atoms with E-state index in [1.807, 2.05) is 13.0 Å². The van der Waals surface area contributed by atoms with Crippen molar-refractivity contribution in [3.05, 3.63) is 62.1 Å². The van der Waals surface area contributed by atoms with Crippen LogP contribution in [0.15, 0.2) is 45.6 Å². The molecule has 2 aromatic heterocycles. The highest BCUT2D eigenvalue weighted by Crippen LogP contribution is 2.23. The first-order valence-corrected chi connectivity index (χ1v) is 9.02. The SMILES string of the molecule is CCOC(=O)Nc1ccc2c(COC(=O)c3ccc(C)s3)cc(=O)oc2c1. The lowest BCUT2D eigenvalue weighted by Gasteiger charge is -2.09. The number of hydrogen-bond acceptors (Lipinski definition) is 7. The fraction of sp³-hybridized carbons (Fsp3) is 0.211. The highest BCUT2D eigenvalue weighted by atomic mass is 32.1. The van der Waals surface area contributed by atoms with E-state index in [0.717, 1.165) is 4.88 Å². The van der Waals surface area contributed by atoms with Gasteiger partial charge < -0.3 is 13.9 Å². The second-order valence-corrected chi connectivity index (χ2v) is 6.92. The minimum absolute atomic E-state index is 0.0669. The Balaban J connectivity index is 1.82. The van der Waals surface area contributed by atoms with Crippen LogP contribution in [0.4, 0.5) is 10.5 Å². The molecule has 0 saturated carbocycles. The number of carbonyl (C=O) groups is 2. The van der Waals surface area contributed by atoms with Crippen LogP contribution >= 0.6 is 11.3 Å². The van der Waals surface area contributed by atoms with E-state index in [1.165, 1.54) is 23.5 Å². The van der Waals surface area contributed by atoms with Crippen molar-refractivity contribution in [1.29, 1.82) is 0 Å². The molecule has 0 spiro atoms. The van der Waals surface area contributed by atoms with Crippen molar-refractivity contribution in [2.24, 2.45) is 0 Å². The molecule has 8 heteroatoms. The van der Waals surface area contributed by atoms with Crippen LogP contribution in [-0.2, 0) is 16.1 Å². The number of benzene rings is 1. The van der Waals surface area contributed by atoms with Gasteiger partial charge in [-0.05, 0) is 38.1 Å². The Kier molecular flexibility index (Phi) is 5.56. The molecule has 7 nitrogen and oxygen atoms in total. The van der Waals surface area contributed by atoms with Gasteiger partial charge in [-0.15, -0.1) is 11.3 Å². The smallest absolute Gasteiger partial charge is 0.411 e. The van der Waals surface area contributed by atoms with Gasteiger partial charge in [0.05, 0.1) is 6.61 Å². The summed E-state index contributed by atoms with van der Waals surface area (Å²) in [6, 6.07) is 9.67. The highest BCUT2D eigenvalue weighted by Gasteiger charge is 2.13. The first-order chi connectivity index (χ1) is 13.0. The number of rotatable bonds is 5. The molecule has 2 heterocycles. The first-order valence-electron chi connectivity index (χ1n) is 8.20.